The minimum atomic E-state index is -1.35. The number of aliphatic carboxylic acids is 1. The minimum absolute atomic E-state index is 0.0691. The van der Waals surface area contributed by atoms with Gasteiger partial charge in [0, 0.05) is 18.2 Å². The van der Waals surface area contributed by atoms with Crippen molar-refractivity contribution in [1.29, 1.82) is 0 Å². The van der Waals surface area contributed by atoms with E-state index in [0.29, 0.717) is 25.8 Å². The second-order valence-corrected chi connectivity index (χ2v) is 7.16. The summed E-state index contributed by atoms with van der Waals surface area (Å²) in [6.07, 6.45) is 8.50. The predicted octanol–water partition coefficient (Wildman–Crippen LogP) is 0.961. The first-order valence-electron chi connectivity index (χ1n) is 9.02. The number of terminal acetylenes is 1. The lowest BCUT2D eigenvalue weighted by molar-refractivity contribution is -0.148. The van der Waals surface area contributed by atoms with Crippen LogP contribution in [0.3, 0.4) is 0 Å². The molecule has 0 radical (unpaired) electrons. The Morgan fingerprint density at radius 2 is 1.96 bits per heavy atom. The lowest BCUT2D eigenvalue weighted by atomic mass is 9.66. The maximum atomic E-state index is 11.7. The maximum absolute atomic E-state index is 11.7. The predicted molar refractivity (Wildman–Crippen MR) is 101 cm³/mol. The number of nitrogens with one attached hydrogen (secondary N) is 1. The fourth-order valence-electron chi connectivity index (χ4n) is 3.42. The molecule has 0 saturated heterocycles. The van der Waals surface area contributed by atoms with Crippen LogP contribution >= 0.6 is 0 Å². The third-order valence-electron chi connectivity index (χ3n) is 5.28. The van der Waals surface area contributed by atoms with Crippen LogP contribution < -0.4 is 11.1 Å². The molecule has 6 nitrogen and oxygen atoms in total. The molecule has 0 aliphatic heterocycles. The summed E-state index contributed by atoms with van der Waals surface area (Å²) in [5.41, 5.74) is 6.93. The van der Waals surface area contributed by atoms with E-state index < -0.39 is 18.6 Å². The number of carbonyl (C=O) groups is 1. The quantitative estimate of drug-likeness (QED) is 0.242. The van der Waals surface area contributed by atoms with Crippen molar-refractivity contribution in [2.24, 2.45) is 11.7 Å². The van der Waals surface area contributed by atoms with Crippen molar-refractivity contribution >= 4 is 13.1 Å². The molecule has 1 unspecified atom stereocenters. The molecule has 1 aliphatic rings. The van der Waals surface area contributed by atoms with Gasteiger partial charge in [-0.1, -0.05) is 30.9 Å². The zero-order valence-corrected chi connectivity index (χ0v) is 14.9. The SMILES string of the molecule is C#Cc1ccc(CNC2CC(C(N)(CCCCB(O)O)C(=O)O)C2)cc1. The fraction of sp³-hybridized carbons (Fsp3) is 0.526. The van der Waals surface area contributed by atoms with Gasteiger partial charge in [0.15, 0.2) is 0 Å². The van der Waals surface area contributed by atoms with Crippen LogP contribution in [0.2, 0.25) is 6.32 Å². The number of rotatable bonds is 10. The number of benzene rings is 1. The Balaban J connectivity index is 1.77. The van der Waals surface area contributed by atoms with E-state index in [1.807, 2.05) is 24.3 Å². The van der Waals surface area contributed by atoms with E-state index in [9.17, 15) is 9.90 Å². The molecule has 26 heavy (non-hydrogen) atoms. The standard InChI is InChI=1S/C19H27BN2O4/c1-2-14-5-7-15(8-6-14)13-22-17-11-16(12-17)19(21,18(23)24)9-3-4-10-20(25)26/h1,5-8,16-17,22,25-26H,3-4,9-13,21H2,(H,23,24). The summed E-state index contributed by atoms with van der Waals surface area (Å²) >= 11 is 0. The largest absolute Gasteiger partial charge is 0.480 e. The Morgan fingerprint density at radius 1 is 1.31 bits per heavy atom. The normalized spacial score (nSPS) is 21.3. The van der Waals surface area contributed by atoms with Gasteiger partial charge in [-0.2, -0.15) is 0 Å². The van der Waals surface area contributed by atoms with Crippen LogP contribution in [0.25, 0.3) is 0 Å². The van der Waals surface area contributed by atoms with Crippen molar-refractivity contribution in [3.05, 3.63) is 35.4 Å². The highest BCUT2D eigenvalue weighted by molar-refractivity contribution is 6.40. The van der Waals surface area contributed by atoms with Gasteiger partial charge in [0.1, 0.15) is 5.54 Å². The van der Waals surface area contributed by atoms with Crippen molar-refractivity contribution < 1.29 is 19.9 Å². The van der Waals surface area contributed by atoms with Gasteiger partial charge in [-0.15, -0.1) is 6.42 Å². The summed E-state index contributed by atoms with van der Waals surface area (Å²) in [6, 6.07) is 8.03. The van der Waals surface area contributed by atoms with Gasteiger partial charge in [-0.3, -0.25) is 4.79 Å². The molecular weight excluding hydrogens is 331 g/mol. The molecule has 1 aromatic carbocycles. The Bertz CT molecular complexity index is 638. The van der Waals surface area contributed by atoms with E-state index in [0.717, 1.165) is 24.0 Å². The number of carboxylic acids is 1. The van der Waals surface area contributed by atoms with E-state index in [1.165, 1.54) is 0 Å². The van der Waals surface area contributed by atoms with Crippen LogP contribution in [-0.2, 0) is 11.3 Å². The Kier molecular flexibility index (Phi) is 7.24. The molecule has 7 heteroatoms. The van der Waals surface area contributed by atoms with E-state index >= 15 is 0 Å². The van der Waals surface area contributed by atoms with Crippen molar-refractivity contribution in [2.45, 2.75) is 56.5 Å². The van der Waals surface area contributed by atoms with Gasteiger partial charge in [0.2, 0.25) is 0 Å². The number of nitrogens with two attached hydrogens (primary N) is 1. The smallest absolute Gasteiger partial charge is 0.451 e. The van der Waals surface area contributed by atoms with Crippen molar-refractivity contribution in [3.63, 3.8) is 0 Å². The first-order valence-corrected chi connectivity index (χ1v) is 9.02. The van der Waals surface area contributed by atoms with Gasteiger partial charge in [0.05, 0.1) is 0 Å². The summed E-state index contributed by atoms with van der Waals surface area (Å²) in [6.45, 7) is 0.710. The highest BCUT2D eigenvalue weighted by Crippen LogP contribution is 2.38. The molecule has 1 saturated carbocycles. The van der Waals surface area contributed by atoms with Gasteiger partial charge in [-0.25, -0.2) is 0 Å². The van der Waals surface area contributed by atoms with Crippen molar-refractivity contribution in [3.8, 4) is 12.3 Å². The summed E-state index contributed by atoms with van der Waals surface area (Å²) in [5.74, 6) is 1.54. The zero-order valence-electron chi connectivity index (χ0n) is 14.9. The third kappa shape index (κ3) is 5.32. The van der Waals surface area contributed by atoms with Gasteiger partial charge >= 0.3 is 13.1 Å². The Hall–Kier alpha value is -1.85. The molecule has 0 spiro atoms. The van der Waals surface area contributed by atoms with E-state index in [-0.39, 0.29) is 18.3 Å². The van der Waals surface area contributed by atoms with Crippen LogP contribution in [0.5, 0.6) is 0 Å². The van der Waals surface area contributed by atoms with E-state index in [2.05, 4.69) is 11.2 Å². The first kappa shape index (κ1) is 20.5. The monoisotopic (exact) mass is 358 g/mol. The van der Waals surface area contributed by atoms with Gasteiger partial charge < -0.3 is 26.2 Å². The van der Waals surface area contributed by atoms with Crippen molar-refractivity contribution in [2.75, 3.05) is 0 Å². The number of hydrogen-bond acceptors (Lipinski definition) is 5. The van der Waals surface area contributed by atoms with E-state index in [4.69, 9.17) is 22.2 Å². The van der Waals surface area contributed by atoms with Crippen LogP contribution in [0, 0.1) is 18.3 Å². The molecule has 1 atom stereocenters. The number of unbranched alkanes of at least 4 members (excludes halogenated alkanes) is 1. The molecule has 0 bridgehead atoms. The first-order chi connectivity index (χ1) is 12.3. The summed E-state index contributed by atoms with van der Waals surface area (Å²) < 4.78 is 0. The maximum Gasteiger partial charge on any atom is 0.451 e. The zero-order chi connectivity index (χ0) is 19.2. The summed E-state index contributed by atoms with van der Waals surface area (Å²) in [4.78, 5) is 11.7. The van der Waals surface area contributed by atoms with Crippen LogP contribution in [0.4, 0.5) is 0 Å². The van der Waals surface area contributed by atoms with Gasteiger partial charge in [0.25, 0.3) is 0 Å². The highest BCUT2D eigenvalue weighted by Gasteiger charge is 2.47. The highest BCUT2D eigenvalue weighted by atomic mass is 16.4. The van der Waals surface area contributed by atoms with Crippen LogP contribution in [0.15, 0.2) is 24.3 Å². The fourth-order valence-corrected chi connectivity index (χ4v) is 3.42. The minimum Gasteiger partial charge on any atom is -0.480 e. The van der Waals surface area contributed by atoms with E-state index in [1.54, 1.807) is 0 Å². The van der Waals surface area contributed by atoms with Crippen LogP contribution in [-0.4, -0.2) is 39.8 Å². The number of carboxylic acid groups (broad SMARTS) is 1. The molecular formula is C19H27BN2O4. The molecule has 1 fully saturated rings. The van der Waals surface area contributed by atoms with Crippen molar-refractivity contribution in [1.82, 2.24) is 5.32 Å². The molecule has 1 aliphatic carbocycles. The average molecular weight is 358 g/mol. The molecule has 140 valence electrons. The third-order valence-corrected chi connectivity index (χ3v) is 5.28. The second kappa shape index (κ2) is 9.20. The summed E-state index contributed by atoms with van der Waals surface area (Å²) in [5, 5.41) is 30.7. The molecule has 0 amide bonds. The Morgan fingerprint density at radius 3 is 2.50 bits per heavy atom. The molecule has 6 N–H and O–H groups in total. The topological polar surface area (TPSA) is 116 Å². The summed E-state index contributed by atoms with van der Waals surface area (Å²) in [7, 11) is -1.35. The molecule has 0 heterocycles. The number of hydrogen-bond donors (Lipinski definition) is 5. The lowest BCUT2D eigenvalue weighted by Gasteiger charge is -2.45. The molecule has 0 aromatic heterocycles. The Labute approximate surface area is 154 Å². The lowest BCUT2D eigenvalue weighted by Crippen LogP contribution is -2.61. The molecule has 2 rings (SSSR count). The second-order valence-electron chi connectivity index (χ2n) is 7.16. The van der Waals surface area contributed by atoms with Crippen LogP contribution in [0.1, 0.15) is 43.2 Å². The average Bonchev–Trinajstić information content (AvgIpc) is 2.57. The van der Waals surface area contributed by atoms with Gasteiger partial charge in [-0.05, 0) is 49.2 Å². The molecule has 1 aromatic rings.